The number of nitrogens with one attached hydrogen (secondary N) is 2. The van der Waals surface area contributed by atoms with Gasteiger partial charge in [0.25, 0.3) is 0 Å². The van der Waals surface area contributed by atoms with Gasteiger partial charge in [-0.25, -0.2) is 0 Å². The Morgan fingerprint density at radius 3 is 2.52 bits per heavy atom. The zero-order chi connectivity index (χ0) is 19.3. The molecule has 6 heteroatoms. The van der Waals surface area contributed by atoms with Crippen LogP contribution in [-0.4, -0.2) is 25.2 Å². The number of carbonyl (C=O) groups excluding carboxylic acids is 2. The number of benzene rings is 2. The van der Waals surface area contributed by atoms with E-state index in [1.54, 1.807) is 18.2 Å². The first-order valence-corrected chi connectivity index (χ1v) is 8.96. The Balaban J connectivity index is 1.43. The van der Waals surface area contributed by atoms with Gasteiger partial charge >= 0.3 is 0 Å². The molecule has 0 aromatic heterocycles. The third-order valence-corrected chi connectivity index (χ3v) is 4.63. The predicted octanol–water partition coefficient (Wildman–Crippen LogP) is 3.23. The minimum atomic E-state index is -0.287. The van der Waals surface area contributed by atoms with Crippen LogP contribution in [-0.2, 0) is 15.0 Å². The lowest BCUT2D eigenvalue weighted by Crippen LogP contribution is -2.33. The van der Waals surface area contributed by atoms with E-state index in [4.69, 9.17) is 9.47 Å². The zero-order valence-electron chi connectivity index (χ0n) is 15.6. The first-order valence-electron chi connectivity index (χ1n) is 8.96. The molecule has 0 unspecified atom stereocenters. The second kappa shape index (κ2) is 8.12. The fourth-order valence-corrected chi connectivity index (χ4v) is 2.91. The van der Waals surface area contributed by atoms with Crippen molar-refractivity contribution in [1.29, 1.82) is 0 Å². The minimum absolute atomic E-state index is 0.0704. The quantitative estimate of drug-likeness (QED) is 0.787. The molecule has 1 heterocycles. The highest BCUT2D eigenvalue weighted by Crippen LogP contribution is 2.34. The van der Waals surface area contributed by atoms with Crippen molar-refractivity contribution in [3.05, 3.63) is 54.1 Å². The molecule has 0 fully saturated rings. The maximum Gasteiger partial charge on any atom is 0.243 e. The minimum Gasteiger partial charge on any atom is -0.454 e. The molecule has 0 radical (unpaired) electrons. The van der Waals surface area contributed by atoms with Crippen LogP contribution in [0.5, 0.6) is 11.5 Å². The number of ether oxygens (including phenoxy) is 2. The van der Waals surface area contributed by atoms with Gasteiger partial charge in [0.1, 0.15) is 0 Å². The Hall–Kier alpha value is -3.02. The van der Waals surface area contributed by atoms with E-state index >= 15 is 0 Å². The van der Waals surface area contributed by atoms with Crippen LogP contribution in [0.25, 0.3) is 0 Å². The fraction of sp³-hybridized carbons (Fsp3) is 0.333. The lowest BCUT2D eigenvalue weighted by atomic mass is 9.80. The van der Waals surface area contributed by atoms with Gasteiger partial charge in [0.2, 0.25) is 18.6 Å². The maximum absolute atomic E-state index is 12.1. The van der Waals surface area contributed by atoms with Gasteiger partial charge in [0, 0.05) is 18.2 Å². The second-order valence-corrected chi connectivity index (χ2v) is 7.14. The molecule has 0 saturated heterocycles. The first-order chi connectivity index (χ1) is 12.9. The average molecular weight is 368 g/mol. The van der Waals surface area contributed by atoms with Gasteiger partial charge in [-0.3, -0.25) is 9.59 Å². The van der Waals surface area contributed by atoms with Gasteiger partial charge in [-0.05, 0) is 29.5 Å². The summed E-state index contributed by atoms with van der Waals surface area (Å²) in [6.07, 6.45) is 1.06. The van der Waals surface area contributed by atoms with Crippen molar-refractivity contribution in [2.24, 2.45) is 0 Å². The molecule has 2 N–H and O–H groups in total. The second-order valence-electron chi connectivity index (χ2n) is 7.14. The summed E-state index contributed by atoms with van der Waals surface area (Å²) in [5.41, 5.74) is 1.69. The molecule has 27 heavy (non-hydrogen) atoms. The molecule has 0 aliphatic carbocycles. The van der Waals surface area contributed by atoms with E-state index in [2.05, 4.69) is 36.6 Å². The molecule has 2 aromatic carbocycles. The lowest BCUT2D eigenvalue weighted by Gasteiger charge is -2.25. The van der Waals surface area contributed by atoms with Crippen molar-refractivity contribution in [2.45, 2.75) is 32.1 Å². The van der Waals surface area contributed by atoms with Crippen LogP contribution in [0.15, 0.2) is 48.5 Å². The van der Waals surface area contributed by atoms with Gasteiger partial charge in [-0.1, -0.05) is 44.2 Å². The summed E-state index contributed by atoms with van der Waals surface area (Å²) in [7, 11) is 0. The van der Waals surface area contributed by atoms with Crippen LogP contribution >= 0.6 is 0 Å². The van der Waals surface area contributed by atoms with Crippen LogP contribution < -0.4 is 20.1 Å². The lowest BCUT2D eigenvalue weighted by molar-refractivity contribution is -0.124. The standard InChI is InChI=1S/C21H24N2O4/c1-21(2,15-6-4-3-5-7-15)11-10-19(24)22-13-20(25)23-16-8-9-17-18(12-16)27-14-26-17/h3-9,12H,10-11,13-14H2,1-2H3,(H,22,24)(H,23,25). The average Bonchev–Trinajstić information content (AvgIpc) is 3.13. The molecule has 0 atom stereocenters. The van der Waals surface area contributed by atoms with Crippen LogP contribution in [0.4, 0.5) is 5.69 Å². The van der Waals surface area contributed by atoms with Crippen LogP contribution in [0.2, 0.25) is 0 Å². The Labute approximate surface area is 158 Å². The number of fused-ring (bicyclic) bond motifs is 1. The van der Waals surface area contributed by atoms with Gasteiger partial charge in [0.15, 0.2) is 11.5 Å². The monoisotopic (exact) mass is 368 g/mol. The Bertz CT molecular complexity index is 818. The van der Waals surface area contributed by atoms with E-state index in [0.717, 1.165) is 0 Å². The SMILES string of the molecule is CC(C)(CCC(=O)NCC(=O)Nc1ccc2c(c1)OCO2)c1ccccc1. The van der Waals surface area contributed by atoms with Crippen molar-refractivity contribution in [1.82, 2.24) is 5.32 Å². The van der Waals surface area contributed by atoms with E-state index in [0.29, 0.717) is 30.0 Å². The fourth-order valence-electron chi connectivity index (χ4n) is 2.91. The summed E-state index contributed by atoms with van der Waals surface area (Å²) in [4.78, 5) is 24.1. The molecule has 0 saturated carbocycles. The smallest absolute Gasteiger partial charge is 0.243 e. The van der Waals surface area contributed by atoms with Crippen molar-refractivity contribution in [3.63, 3.8) is 0 Å². The van der Waals surface area contributed by atoms with Crippen LogP contribution in [0.1, 0.15) is 32.3 Å². The summed E-state index contributed by atoms with van der Waals surface area (Å²) in [5, 5.41) is 5.41. The summed E-state index contributed by atoms with van der Waals surface area (Å²) in [5.74, 6) is 0.826. The summed E-state index contributed by atoms with van der Waals surface area (Å²) < 4.78 is 10.5. The number of rotatable bonds is 7. The highest BCUT2D eigenvalue weighted by atomic mass is 16.7. The third kappa shape index (κ3) is 5.00. The number of anilines is 1. The van der Waals surface area contributed by atoms with Gasteiger partial charge in [0.05, 0.1) is 6.54 Å². The molecule has 1 aliphatic rings. The van der Waals surface area contributed by atoms with Gasteiger partial charge < -0.3 is 20.1 Å². The number of hydrogen-bond acceptors (Lipinski definition) is 4. The summed E-state index contributed by atoms with van der Waals surface area (Å²) in [6, 6.07) is 15.3. The number of amides is 2. The van der Waals surface area contributed by atoms with Gasteiger partial charge in [-0.15, -0.1) is 0 Å². The molecular formula is C21H24N2O4. The highest BCUT2D eigenvalue weighted by molar-refractivity contribution is 5.94. The first kappa shape index (κ1) is 18.8. The summed E-state index contributed by atoms with van der Waals surface area (Å²) in [6.45, 7) is 4.34. The highest BCUT2D eigenvalue weighted by Gasteiger charge is 2.21. The number of hydrogen-bond donors (Lipinski definition) is 2. The molecule has 2 aromatic rings. The largest absolute Gasteiger partial charge is 0.454 e. The van der Waals surface area contributed by atoms with E-state index in [1.165, 1.54) is 5.56 Å². The Kier molecular flexibility index (Phi) is 5.64. The molecule has 2 amide bonds. The predicted molar refractivity (Wildman–Crippen MR) is 103 cm³/mol. The van der Waals surface area contributed by atoms with Crippen molar-refractivity contribution in [2.75, 3.05) is 18.7 Å². The zero-order valence-corrected chi connectivity index (χ0v) is 15.6. The van der Waals surface area contributed by atoms with Crippen LogP contribution in [0.3, 0.4) is 0 Å². The molecular weight excluding hydrogens is 344 g/mol. The Morgan fingerprint density at radius 2 is 1.74 bits per heavy atom. The van der Waals surface area contributed by atoms with E-state index in [9.17, 15) is 9.59 Å². The van der Waals surface area contributed by atoms with E-state index < -0.39 is 0 Å². The molecule has 142 valence electrons. The van der Waals surface area contributed by atoms with E-state index in [-0.39, 0.29) is 30.6 Å². The van der Waals surface area contributed by atoms with Crippen molar-refractivity contribution in [3.8, 4) is 11.5 Å². The molecule has 6 nitrogen and oxygen atoms in total. The van der Waals surface area contributed by atoms with E-state index in [1.807, 2.05) is 18.2 Å². The molecule has 0 bridgehead atoms. The van der Waals surface area contributed by atoms with Crippen molar-refractivity contribution < 1.29 is 19.1 Å². The number of carbonyl (C=O) groups is 2. The normalized spacial score (nSPS) is 12.5. The summed E-state index contributed by atoms with van der Waals surface area (Å²) >= 11 is 0. The topological polar surface area (TPSA) is 76.7 Å². The third-order valence-electron chi connectivity index (χ3n) is 4.63. The van der Waals surface area contributed by atoms with Crippen LogP contribution in [0, 0.1) is 0 Å². The molecule has 0 spiro atoms. The van der Waals surface area contributed by atoms with Crippen molar-refractivity contribution >= 4 is 17.5 Å². The maximum atomic E-state index is 12.1. The molecule has 1 aliphatic heterocycles. The Morgan fingerprint density at radius 1 is 1.00 bits per heavy atom. The molecule has 3 rings (SSSR count). The van der Waals surface area contributed by atoms with Gasteiger partial charge in [-0.2, -0.15) is 0 Å².